The van der Waals surface area contributed by atoms with Gasteiger partial charge in [-0.25, -0.2) is 9.18 Å². The number of anilines is 1. The second-order valence-electron chi connectivity index (χ2n) is 6.90. The average Bonchev–Trinajstić information content (AvgIpc) is 2.85. The molecule has 0 saturated heterocycles. The van der Waals surface area contributed by atoms with Crippen molar-refractivity contribution in [1.29, 1.82) is 0 Å². The summed E-state index contributed by atoms with van der Waals surface area (Å²) in [7, 11) is 0. The minimum Gasteiger partial charge on any atom is -0.442 e. The molecule has 2 N–H and O–H groups in total. The minimum absolute atomic E-state index is 0.248. The predicted octanol–water partition coefficient (Wildman–Crippen LogP) is 4.13. The Morgan fingerprint density at radius 2 is 1.96 bits per heavy atom. The Hall–Kier alpha value is -2.89. The van der Waals surface area contributed by atoms with Gasteiger partial charge in [0.05, 0.1) is 5.52 Å². The van der Waals surface area contributed by atoms with E-state index >= 15 is 0 Å². The summed E-state index contributed by atoms with van der Waals surface area (Å²) in [4.78, 5) is 12.4. The second kappa shape index (κ2) is 6.20. The molecule has 25 heavy (non-hydrogen) atoms. The standard InChI is InChI=1S/C19H20FN3O2/c1-19(2,3)25-18(24)23-16-11-12(8-9-14(16)17(21)22-23)10-13-6-4-5-7-15(13)20/h4-9,11H,10H2,1-3H3,(H2,21,22). The number of carbonyl (C=O) groups is 1. The average molecular weight is 341 g/mol. The maximum atomic E-state index is 13.9. The topological polar surface area (TPSA) is 70.1 Å². The number of hydrogen-bond donors (Lipinski definition) is 1. The van der Waals surface area contributed by atoms with Gasteiger partial charge in [0.15, 0.2) is 5.82 Å². The molecule has 130 valence electrons. The number of nitrogens with zero attached hydrogens (tertiary/aromatic N) is 2. The molecule has 1 aromatic heterocycles. The lowest BCUT2D eigenvalue weighted by Crippen LogP contribution is -2.27. The number of aromatic nitrogens is 2. The highest BCUT2D eigenvalue weighted by molar-refractivity contribution is 5.95. The van der Waals surface area contributed by atoms with E-state index in [0.717, 1.165) is 10.2 Å². The molecular formula is C19H20FN3O2. The molecule has 3 rings (SSSR count). The highest BCUT2D eigenvalue weighted by atomic mass is 19.1. The molecule has 0 fully saturated rings. The van der Waals surface area contributed by atoms with Gasteiger partial charge in [0.2, 0.25) is 0 Å². The van der Waals surface area contributed by atoms with Crippen molar-refractivity contribution in [3.63, 3.8) is 0 Å². The van der Waals surface area contributed by atoms with Crippen molar-refractivity contribution in [2.24, 2.45) is 0 Å². The summed E-state index contributed by atoms with van der Waals surface area (Å²) in [6, 6.07) is 12.0. The molecule has 0 saturated carbocycles. The fourth-order valence-electron chi connectivity index (χ4n) is 2.60. The van der Waals surface area contributed by atoms with Crippen molar-refractivity contribution in [3.05, 3.63) is 59.4 Å². The van der Waals surface area contributed by atoms with Gasteiger partial charge in [-0.15, -0.1) is 5.10 Å². The van der Waals surface area contributed by atoms with Crippen LogP contribution in [0.2, 0.25) is 0 Å². The number of nitrogen functional groups attached to an aromatic ring is 1. The Balaban J connectivity index is 2.00. The van der Waals surface area contributed by atoms with Crippen LogP contribution < -0.4 is 5.73 Å². The van der Waals surface area contributed by atoms with Gasteiger partial charge in [-0.3, -0.25) is 0 Å². The van der Waals surface area contributed by atoms with Crippen LogP contribution in [0, 0.1) is 5.82 Å². The second-order valence-corrected chi connectivity index (χ2v) is 6.90. The lowest BCUT2D eigenvalue weighted by Gasteiger charge is -2.19. The van der Waals surface area contributed by atoms with Gasteiger partial charge < -0.3 is 10.5 Å². The summed E-state index contributed by atoms with van der Waals surface area (Å²) in [5.41, 5.74) is 7.23. The molecule has 0 unspecified atom stereocenters. The molecule has 3 aromatic rings. The fourth-order valence-corrected chi connectivity index (χ4v) is 2.60. The van der Waals surface area contributed by atoms with Crippen LogP contribution >= 0.6 is 0 Å². The number of nitrogens with two attached hydrogens (primary N) is 1. The third kappa shape index (κ3) is 3.63. The number of rotatable bonds is 2. The molecule has 1 heterocycles. The van der Waals surface area contributed by atoms with E-state index in [1.54, 1.807) is 51.1 Å². The van der Waals surface area contributed by atoms with Crippen LogP contribution in [0.25, 0.3) is 10.9 Å². The Kier molecular flexibility index (Phi) is 4.20. The maximum absolute atomic E-state index is 13.9. The molecule has 0 radical (unpaired) electrons. The number of ether oxygens (including phenoxy) is 1. The van der Waals surface area contributed by atoms with Gasteiger partial charge >= 0.3 is 6.09 Å². The molecule has 5 nitrogen and oxygen atoms in total. The van der Waals surface area contributed by atoms with Gasteiger partial charge in [-0.05, 0) is 50.1 Å². The smallest absolute Gasteiger partial charge is 0.435 e. The zero-order valence-corrected chi connectivity index (χ0v) is 14.4. The molecule has 0 aliphatic carbocycles. The highest BCUT2D eigenvalue weighted by Crippen LogP contribution is 2.24. The molecule has 0 amide bonds. The van der Waals surface area contributed by atoms with E-state index in [-0.39, 0.29) is 11.6 Å². The van der Waals surface area contributed by atoms with Gasteiger partial charge in [-0.2, -0.15) is 4.68 Å². The number of benzene rings is 2. The summed E-state index contributed by atoms with van der Waals surface area (Å²) in [5.74, 6) is -0.0129. The van der Waals surface area contributed by atoms with Crippen LogP contribution in [0.5, 0.6) is 0 Å². The molecule has 0 aliphatic rings. The zero-order chi connectivity index (χ0) is 18.2. The Bertz CT molecular complexity index is 941. The first kappa shape index (κ1) is 17.0. The van der Waals surface area contributed by atoms with Crippen molar-refractivity contribution < 1.29 is 13.9 Å². The minimum atomic E-state index is -0.644. The van der Waals surface area contributed by atoms with Crippen LogP contribution in [0.3, 0.4) is 0 Å². The first-order valence-electron chi connectivity index (χ1n) is 7.98. The first-order chi connectivity index (χ1) is 11.7. The van der Waals surface area contributed by atoms with E-state index in [0.29, 0.717) is 22.9 Å². The lowest BCUT2D eigenvalue weighted by atomic mass is 10.0. The van der Waals surface area contributed by atoms with Crippen LogP contribution in [0.4, 0.5) is 15.0 Å². The normalized spacial score (nSPS) is 11.7. The van der Waals surface area contributed by atoms with Gasteiger partial charge in [0, 0.05) is 11.8 Å². The van der Waals surface area contributed by atoms with Crippen molar-refractivity contribution in [2.45, 2.75) is 32.8 Å². The van der Waals surface area contributed by atoms with Gasteiger partial charge in [0.25, 0.3) is 0 Å². The predicted molar refractivity (Wildman–Crippen MR) is 95.0 cm³/mol. The van der Waals surface area contributed by atoms with Crippen molar-refractivity contribution in [3.8, 4) is 0 Å². The molecule has 2 aromatic carbocycles. The quantitative estimate of drug-likeness (QED) is 0.761. The molecule has 0 atom stereocenters. The first-order valence-corrected chi connectivity index (χ1v) is 7.98. The third-order valence-electron chi connectivity index (χ3n) is 3.69. The number of hydrogen-bond acceptors (Lipinski definition) is 4. The zero-order valence-electron chi connectivity index (χ0n) is 14.4. The monoisotopic (exact) mass is 341 g/mol. The number of halogens is 1. The Labute approximate surface area is 145 Å². The van der Waals surface area contributed by atoms with Crippen LogP contribution in [0.1, 0.15) is 31.9 Å². The fraction of sp³-hybridized carbons (Fsp3) is 0.263. The number of fused-ring (bicyclic) bond motifs is 1. The number of carbonyl (C=O) groups excluding carboxylic acids is 1. The van der Waals surface area contributed by atoms with Crippen LogP contribution in [0.15, 0.2) is 42.5 Å². The van der Waals surface area contributed by atoms with Gasteiger partial charge in [0.1, 0.15) is 11.4 Å². The summed E-state index contributed by atoms with van der Waals surface area (Å²) >= 11 is 0. The molecule has 0 spiro atoms. The summed E-state index contributed by atoms with van der Waals surface area (Å²) in [6.07, 6.45) is -0.195. The van der Waals surface area contributed by atoms with Crippen molar-refractivity contribution in [2.75, 3.05) is 5.73 Å². The summed E-state index contributed by atoms with van der Waals surface area (Å²) in [5, 5.41) is 4.74. The van der Waals surface area contributed by atoms with E-state index in [1.807, 2.05) is 6.07 Å². The van der Waals surface area contributed by atoms with Crippen LogP contribution in [-0.2, 0) is 11.2 Å². The summed E-state index contributed by atoms with van der Waals surface area (Å²) < 4.78 is 20.4. The van der Waals surface area contributed by atoms with E-state index in [4.69, 9.17) is 10.5 Å². The molecule has 6 heteroatoms. The van der Waals surface area contributed by atoms with Crippen molar-refractivity contribution >= 4 is 22.8 Å². The third-order valence-corrected chi connectivity index (χ3v) is 3.69. The van der Waals surface area contributed by atoms with Gasteiger partial charge in [-0.1, -0.05) is 24.3 Å². The lowest BCUT2D eigenvalue weighted by molar-refractivity contribution is 0.0523. The Morgan fingerprint density at radius 1 is 1.24 bits per heavy atom. The van der Waals surface area contributed by atoms with Crippen molar-refractivity contribution in [1.82, 2.24) is 9.78 Å². The highest BCUT2D eigenvalue weighted by Gasteiger charge is 2.21. The van der Waals surface area contributed by atoms with Crippen LogP contribution in [-0.4, -0.2) is 21.5 Å². The molecule has 0 bridgehead atoms. The largest absolute Gasteiger partial charge is 0.442 e. The van der Waals surface area contributed by atoms with E-state index < -0.39 is 11.7 Å². The molecular weight excluding hydrogens is 321 g/mol. The maximum Gasteiger partial charge on any atom is 0.435 e. The van der Waals surface area contributed by atoms with E-state index in [9.17, 15) is 9.18 Å². The van der Waals surface area contributed by atoms with E-state index in [2.05, 4.69) is 5.10 Å². The van der Waals surface area contributed by atoms with E-state index in [1.165, 1.54) is 6.07 Å². The Morgan fingerprint density at radius 3 is 2.64 bits per heavy atom. The summed E-state index contributed by atoms with van der Waals surface area (Å²) in [6.45, 7) is 5.34. The SMILES string of the molecule is CC(C)(C)OC(=O)n1nc(N)c2ccc(Cc3ccccc3F)cc21. The molecule has 0 aliphatic heterocycles.